The third-order valence-corrected chi connectivity index (χ3v) is 11.0. The Balaban J connectivity index is 0.000000282. The number of hydrogen-bond donors (Lipinski definition) is 1. The molecule has 1 N–H and O–H groups in total. The van der Waals surface area contributed by atoms with Gasteiger partial charge >= 0.3 is 0 Å². The van der Waals surface area contributed by atoms with Gasteiger partial charge in [0.15, 0.2) is 0 Å². The zero-order chi connectivity index (χ0) is 48.8. The number of ether oxygens (including phenoxy) is 1. The number of benzene rings is 6. The molecule has 1 unspecified atom stereocenters. The predicted molar refractivity (Wildman–Crippen MR) is 299 cm³/mol. The normalized spacial score (nSPS) is 14.3. The van der Waals surface area contributed by atoms with E-state index in [1.807, 2.05) is 65.8 Å². The summed E-state index contributed by atoms with van der Waals surface area (Å²) in [7, 11) is 0. The summed E-state index contributed by atoms with van der Waals surface area (Å²) in [6, 6.07) is 59.6. The van der Waals surface area contributed by atoms with Gasteiger partial charge in [-0.25, -0.2) is 0 Å². The van der Waals surface area contributed by atoms with Gasteiger partial charge in [-0.15, -0.1) is 0 Å². The Kier molecular flexibility index (Phi) is 24.1. The van der Waals surface area contributed by atoms with Gasteiger partial charge in [-0.05, 0) is 113 Å². The molecule has 0 spiro atoms. The summed E-state index contributed by atoms with van der Waals surface area (Å²) < 4.78 is 5.98. The standard InChI is InChI=1S/C35H35NO.C24H21N.3C2H6/c1-4-14-35-33(21-13-16-29(3)37-35)27-36(26-12-11-15-28(2)30-17-7-5-8-18-30)34-24-22-32(23-25-34)31-19-9-6-10-20-31;1-3-7-19(8-4-1)21-11-15-23(16-12-21)25-24-17-13-22(14-18-24)20-9-5-2-6-10-20;3*1-2/h4-14,16-20,22-25,27-28H,1,3,15,21,26H2,2H3;1-13,15-17,25H,14,18H2;3*1-2H3/b12-11-,33-27-,35-14+;;;;. The van der Waals surface area contributed by atoms with Crippen LogP contribution in [0.1, 0.15) is 91.2 Å². The smallest absolute Gasteiger partial charge is 0.132 e. The minimum atomic E-state index is 0.475. The second-order valence-corrected chi connectivity index (χ2v) is 15.5. The maximum Gasteiger partial charge on any atom is 0.132 e. The molecule has 3 nitrogen and oxygen atoms in total. The van der Waals surface area contributed by atoms with Crippen LogP contribution in [0, 0.1) is 0 Å². The zero-order valence-corrected chi connectivity index (χ0v) is 41.7. The van der Waals surface area contributed by atoms with Gasteiger partial charge in [-0.1, -0.05) is 238 Å². The fraction of sp³-hybridized carbons (Fsp3) is 0.200. The third kappa shape index (κ3) is 17.1. The fourth-order valence-electron chi connectivity index (χ4n) is 7.52. The van der Waals surface area contributed by atoms with Crippen LogP contribution >= 0.6 is 0 Å². The maximum absolute atomic E-state index is 5.98. The Bertz CT molecular complexity index is 2540. The third-order valence-electron chi connectivity index (χ3n) is 11.0. The van der Waals surface area contributed by atoms with Gasteiger partial charge < -0.3 is 15.0 Å². The van der Waals surface area contributed by atoms with E-state index in [1.165, 1.54) is 44.7 Å². The average molecular weight is 899 g/mol. The summed E-state index contributed by atoms with van der Waals surface area (Å²) in [5, 5.41) is 3.55. The van der Waals surface area contributed by atoms with Crippen molar-refractivity contribution in [3.8, 4) is 22.3 Å². The Labute approximate surface area is 410 Å². The predicted octanol–water partition coefficient (Wildman–Crippen LogP) is 19.0. The molecule has 0 saturated carbocycles. The van der Waals surface area contributed by atoms with E-state index in [-0.39, 0.29) is 0 Å². The molecule has 68 heavy (non-hydrogen) atoms. The molecule has 1 heterocycles. The lowest BCUT2D eigenvalue weighted by atomic mass is 9.96. The van der Waals surface area contributed by atoms with Crippen molar-refractivity contribution in [3.05, 3.63) is 272 Å². The first-order chi connectivity index (χ1) is 33.5. The van der Waals surface area contributed by atoms with E-state index < -0.39 is 0 Å². The number of anilines is 2. The van der Waals surface area contributed by atoms with Gasteiger partial charge in [0.2, 0.25) is 0 Å². The SMILES string of the molecule is C1=C(Nc2ccc(-c3ccccc3)cc2)CCC(c2ccccc2)=C1.C=C/C=C1/OC(=C)C=CC/C1=C/N(C/C=C\CC(C)c1ccccc1)c1ccc(-c2ccccc2)cc1.CC.CC.CC. The Hall–Kier alpha value is -7.36. The van der Waals surface area contributed by atoms with Crippen LogP contribution in [0.15, 0.2) is 261 Å². The van der Waals surface area contributed by atoms with Crippen LogP contribution in [-0.4, -0.2) is 6.54 Å². The van der Waals surface area contributed by atoms with E-state index in [0.717, 1.165) is 54.9 Å². The van der Waals surface area contributed by atoms with E-state index >= 15 is 0 Å². The van der Waals surface area contributed by atoms with Crippen molar-refractivity contribution in [1.29, 1.82) is 0 Å². The van der Waals surface area contributed by atoms with Crippen LogP contribution < -0.4 is 10.2 Å². The van der Waals surface area contributed by atoms with Crippen molar-refractivity contribution in [2.24, 2.45) is 0 Å². The van der Waals surface area contributed by atoms with Gasteiger partial charge in [0.05, 0.1) is 0 Å². The van der Waals surface area contributed by atoms with E-state index in [0.29, 0.717) is 11.7 Å². The quantitative estimate of drug-likeness (QED) is 0.117. The lowest BCUT2D eigenvalue weighted by Gasteiger charge is -2.22. The highest BCUT2D eigenvalue weighted by Crippen LogP contribution is 2.30. The summed E-state index contributed by atoms with van der Waals surface area (Å²) in [4.78, 5) is 2.27. The molecule has 350 valence electrons. The molecule has 0 radical (unpaired) electrons. The molecular weight excluding hydrogens is 825 g/mol. The van der Waals surface area contributed by atoms with E-state index in [9.17, 15) is 0 Å². The summed E-state index contributed by atoms with van der Waals surface area (Å²) in [6.07, 6.45) is 22.7. The molecular formula is C65H74N2O. The highest BCUT2D eigenvalue weighted by molar-refractivity contribution is 5.71. The summed E-state index contributed by atoms with van der Waals surface area (Å²) in [5.74, 6) is 1.88. The zero-order valence-electron chi connectivity index (χ0n) is 41.7. The Morgan fingerprint density at radius 1 is 0.603 bits per heavy atom. The molecule has 2 aliphatic rings. The van der Waals surface area contributed by atoms with Crippen LogP contribution in [0.2, 0.25) is 0 Å². The molecule has 0 aromatic heterocycles. The molecule has 1 aliphatic heterocycles. The van der Waals surface area contributed by atoms with Crippen LogP contribution in [0.4, 0.5) is 11.4 Å². The molecule has 0 saturated heterocycles. The Morgan fingerprint density at radius 2 is 1.12 bits per heavy atom. The number of allylic oxidation sites excluding steroid dienone is 10. The van der Waals surface area contributed by atoms with Gasteiger partial charge in [0.25, 0.3) is 0 Å². The molecule has 0 amide bonds. The lowest BCUT2D eigenvalue weighted by Crippen LogP contribution is -2.17. The van der Waals surface area contributed by atoms with E-state index in [4.69, 9.17) is 4.74 Å². The molecule has 6 aromatic carbocycles. The minimum Gasteiger partial charge on any atom is -0.458 e. The van der Waals surface area contributed by atoms with Crippen LogP contribution in [-0.2, 0) is 4.74 Å². The maximum atomic E-state index is 5.98. The van der Waals surface area contributed by atoms with Crippen molar-refractivity contribution in [2.75, 3.05) is 16.8 Å². The lowest BCUT2D eigenvalue weighted by molar-refractivity contribution is 0.333. The molecule has 1 aliphatic carbocycles. The topological polar surface area (TPSA) is 24.5 Å². The highest BCUT2D eigenvalue weighted by atomic mass is 16.5. The number of nitrogens with one attached hydrogen (secondary N) is 1. The van der Waals surface area contributed by atoms with Gasteiger partial charge in [-0.2, -0.15) is 0 Å². The van der Waals surface area contributed by atoms with E-state index in [2.05, 4.69) is 225 Å². The van der Waals surface area contributed by atoms with Crippen molar-refractivity contribution >= 4 is 16.9 Å². The van der Waals surface area contributed by atoms with Crippen LogP contribution in [0.5, 0.6) is 0 Å². The molecule has 0 bridgehead atoms. The minimum absolute atomic E-state index is 0.475. The van der Waals surface area contributed by atoms with E-state index in [1.54, 1.807) is 6.08 Å². The van der Waals surface area contributed by atoms with Gasteiger partial charge in [0, 0.05) is 35.4 Å². The molecule has 0 fully saturated rings. The number of hydrogen-bond acceptors (Lipinski definition) is 3. The van der Waals surface area contributed by atoms with Crippen LogP contribution in [0.25, 0.3) is 27.8 Å². The fourth-order valence-corrected chi connectivity index (χ4v) is 7.52. The first-order valence-corrected chi connectivity index (χ1v) is 24.6. The van der Waals surface area contributed by atoms with Crippen molar-refractivity contribution < 1.29 is 4.74 Å². The average Bonchev–Trinajstić information content (AvgIpc) is 3.60. The van der Waals surface area contributed by atoms with Gasteiger partial charge in [0.1, 0.15) is 11.5 Å². The molecule has 3 heteroatoms. The molecule has 1 atom stereocenters. The molecule has 6 aromatic rings. The summed E-state index contributed by atoms with van der Waals surface area (Å²) >= 11 is 0. The summed E-state index contributed by atoms with van der Waals surface area (Å²) in [6.45, 7) is 22.9. The second-order valence-electron chi connectivity index (χ2n) is 15.5. The number of nitrogens with zero attached hydrogens (tertiary/aromatic N) is 1. The monoisotopic (exact) mass is 899 g/mol. The number of rotatable bonds is 13. The second kappa shape index (κ2) is 30.8. The highest BCUT2D eigenvalue weighted by Gasteiger charge is 2.14. The van der Waals surface area contributed by atoms with Crippen molar-refractivity contribution in [3.63, 3.8) is 0 Å². The first kappa shape index (κ1) is 53.3. The van der Waals surface area contributed by atoms with Gasteiger partial charge in [-0.3, -0.25) is 0 Å². The molecule has 8 rings (SSSR count). The largest absolute Gasteiger partial charge is 0.458 e. The summed E-state index contributed by atoms with van der Waals surface area (Å²) in [5.41, 5.74) is 13.6. The first-order valence-electron chi connectivity index (χ1n) is 24.6. The van der Waals surface area contributed by atoms with Crippen molar-refractivity contribution in [1.82, 2.24) is 0 Å². The van der Waals surface area contributed by atoms with Crippen LogP contribution in [0.3, 0.4) is 0 Å². The van der Waals surface area contributed by atoms with Crippen molar-refractivity contribution in [2.45, 2.75) is 80.1 Å². The Morgan fingerprint density at radius 3 is 1.65 bits per heavy atom.